The first-order valence-corrected chi connectivity index (χ1v) is 6.67. The first-order valence-electron chi connectivity index (χ1n) is 6.67. The molecule has 10 heteroatoms. The molecular weight excluding hydrogens is 351 g/mol. The predicted octanol–water partition coefficient (Wildman–Crippen LogP) is 4.07. The van der Waals surface area contributed by atoms with Crippen LogP contribution in [0.3, 0.4) is 0 Å². The van der Waals surface area contributed by atoms with Crippen LogP contribution in [0.1, 0.15) is 11.1 Å². The third-order valence-corrected chi connectivity index (χ3v) is 3.13. The lowest BCUT2D eigenvalue weighted by Gasteiger charge is -2.10. The van der Waals surface area contributed by atoms with Gasteiger partial charge in [0.2, 0.25) is 11.7 Å². The van der Waals surface area contributed by atoms with Gasteiger partial charge in [-0.1, -0.05) is 18.2 Å². The Balaban J connectivity index is 2.19. The van der Waals surface area contributed by atoms with E-state index in [0.717, 1.165) is 18.2 Å². The summed E-state index contributed by atoms with van der Waals surface area (Å²) in [5.74, 6) is -3.59. The summed E-state index contributed by atoms with van der Waals surface area (Å²) in [6.07, 6.45) is -5.12. The molecule has 0 saturated carbocycles. The molecule has 0 atom stereocenters. The number of hydrogen-bond acceptors (Lipinski definition) is 3. The van der Waals surface area contributed by atoms with E-state index in [0.29, 0.717) is 6.07 Å². The molecule has 0 radical (unpaired) electrons. The molecule has 0 heterocycles. The van der Waals surface area contributed by atoms with Gasteiger partial charge in [0, 0.05) is 12.1 Å². The summed E-state index contributed by atoms with van der Waals surface area (Å²) in [5.41, 5.74) is -2.65. The topological polar surface area (TPSA) is 72.2 Å². The lowest BCUT2D eigenvalue weighted by molar-refractivity contribution is -0.387. The maximum atomic E-state index is 13.6. The summed E-state index contributed by atoms with van der Waals surface area (Å²) < 4.78 is 64.6. The first kappa shape index (κ1) is 18.3. The number of nitro groups is 1. The standard InChI is InChI=1S/C15H9F5N2O3/c16-10-6-11(17)13(22(24)25)7-12(10)21-14(23)5-8-2-1-3-9(4-8)15(18,19)20/h1-4,6-7H,5H2,(H,21,23). The Hall–Kier alpha value is -3.04. The summed E-state index contributed by atoms with van der Waals surface area (Å²) in [4.78, 5) is 21.4. The average Bonchev–Trinajstić information content (AvgIpc) is 2.49. The van der Waals surface area contributed by atoms with Gasteiger partial charge in [0.15, 0.2) is 0 Å². The highest BCUT2D eigenvalue weighted by Crippen LogP contribution is 2.30. The van der Waals surface area contributed by atoms with Crippen molar-refractivity contribution in [3.8, 4) is 0 Å². The number of hydrogen-bond donors (Lipinski definition) is 1. The van der Waals surface area contributed by atoms with Crippen molar-refractivity contribution in [3.05, 3.63) is 69.3 Å². The Morgan fingerprint density at radius 2 is 1.80 bits per heavy atom. The summed E-state index contributed by atoms with van der Waals surface area (Å²) in [6.45, 7) is 0. The van der Waals surface area contributed by atoms with E-state index in [1.807, 2.05) is 5.32 Å². The van der Waals surface area contributed by atoms with Gasteiger partial charge in [0.1, 0.15) is 5.82 Å². The van der Waals surface area contributed by atoms with Gasteiger partial charge in [-0.15, -0.1) is 0 Å². The highest BCUT2D eigenvalue weighted by molar-refractivity contribution is 5.92. The third-order valence-electron chi connectivity index (χ3n) is 3.13. The molecule has 0 fully saturated rings. The summed E-state index contributed by atoms with van der Waals surface area (Å²) in [5, 5.41) is 12.6. The number of carbonyl (C=O) groups excluding carboxylic acids is 1. The van der Waals surface area contributed by atoms with Crippen molar-refractivity contribution in [2.24, 2.45) is 0 Å². The minimum absolute atomic E-state index is 0.00402. The maximum absolute atomic E-state index is 13.6. The Kier molecular flexibility index (Phi) is 5.00. The van der Waals surface area contributed by atoms with Crippen LogP contribution in [0.15, 0.2) is 36.4 Å². The number of amides is 1. The normalized spacial score (nSPS) is 11.2. The van der Waals surface area contributed by atoms with Crippen LogP contribution in [0, 0.1) is 21.7 Å². The van der Waals surface area contributed by atoms with Crippen molar-refractivity contribution < 1.29 is 31.7 Å². The fourth-order valence-corrected chi connectivity index (χ4v) is 2.01. The van der Waals surface area contributed by atoms with Crippen molar-refractivity contribution in [2.75, 3.05) is 5.32 Å². The molecule has 0 spiro atoms. The van der Waals surface area contributed by atoms with E-state index < -0.39 is 52.0 Å². The lowest BCUT2D eigenvalue weighted by atomic mass is 10.1. The highest BCUT2D eigenvalue weighted by Gasteiger charge is 2.30. The molecule has 0 unspecified atom stereocenters. The van der Waals surface area contributed by atoms with Crippen LogP contribution in [0.2, 0.25) is 0 Å². The molecule has 0 saturated heterocycles. The second kappa shape index (κ2) is 6.83. The van der Waals surface area contributed by atoms with Gasteiger partial charge < -0.3 is 5.32 Å². The number of rotatable bonds is 4. The summed E-state index contributed by atoms with van der Waals surface area (Å²) in [7, 11) is 0. The van der Waals surface area contributed by atoms with E-state index in [4.69, 9.17) is 0 Å². The highest BCUT2D eigenvalue weighted by atomic mass is 19.4. The fraction of sp³-hybridized carbons (Fsp3) is 0.133. The molecule has 2 aromatic rings. The Bertz CT molecular complexity index is 836. The minimum Gasteiger partial charge on any atom is -0.323 e. The van der Waals surface area contributed by atoms with Crippen LogP contribution < -0.4 is 5.32 Å². The number of anilines is 1. The molecule has 1 N–H and O–H groups in total. The zero-order valence-electron chi connectivity index (χ0n) is 12.2. The minimum atomic E-state index is -4.59. The van der Waals surface area contributed by atoms with Crippen molar-refractivity contribution in [3.63, 3.8) is 0 Å². The molecule has 2 rings (SSSR count). The van der Waals surface area contributed by atoms with E-state index in [-0.39, 0.29) is 11.6 Å². The zero-order chi connectivity index (χ0) is 18.8. The third kappa shape index (κ3) is 4.49. The summed E-state index contributed by atoms with van der Waals surface area (Å²) in [6, 6.07) is 4.67. The molecule has 1 amide bonds. The van der Waals surface area contributed by atoms with Crippen LogP contribution in [0.5, 0.6) is 0 Å². The number of nitrogens with zero attached hydrogens (tertiary/aromatic N) is 1. The van der Waals surface area contributed by atoms with E-state index in [9.17, 15) is 36.9 Å². The van der Waals surface area contributed by atoms with Crippen LogP contribution in [-0.2, 0) is 17.4 Å². The smallest absolute Gasteiger partial charge is 0.323 e. The molecule has 5 nitrogen and oxygen atoms in total. The molecule has 0 bridgehead atoms. The number of nitrogens with one attached hydrogen (secondary N) is 1. The number of benzene rings is 2. The van der Waals surface area contributed by atoms with E-state index in [1.165, 1.54) is 6.07 Å². The summed E-state index contributed by atoms with van der Waals surface area (Å²) >= 11 is 0. The van der Waals surface area contributed by atoms with Gasteiger partial charge in [-0.25, -0.2) is 4.39 Å². The number of carbonyl (C=O) groups is 1. The van der Waals surface area contributed by atoms with Crippen LogP contribution >= 0.6 is 0 Å². The average molecular weight is 360 g/mol. The van der Waals surface area contributed by atoms with Gasteiger partial charge in [-0.05, 0) is 11.6 Å². The number of nitro benzene ring substituents is 1. The van der Waals surface area contributed by atoms with Crippen LogP contribution in [0.25, 0.3) is 0 Å². The van der Waals surface area contributed by atoms with Crippen molar-refractivity contribution in [1.29, 1.82) is 0 Å². The van der Waals surface area contributed by atoms with E-state index >= 15 is 0 Å². The second-order valence-electron chi connectivity index (χ2n) is 4.96. The van der Waals surface area contributed by atoms with Gasteiger partial charge in [0.25, 0.3) is 0 Å². The molecule has 0 aliphatic carbocycles. The molecule has 25 heavy (non-hydrogen) atoms. The lowest BCUT2D eigenvalue weighted by Crippen LogP contribution is -2.16. The molecule has 0 aromatic heterocycles. The van der Waals surface area contributed by atoms with Crippen LogP contribution in [0.4, 0.5) is 33.3 Å². The maximum Gasteiger partial charge on any atom is 0.416 e. The predicted molar refractivity (Wildman–Crippen MR) is 76.8 cm³/mol. The number of alkyl halides is 3. The molecule has 0 aliphatic rings. The quantitative estimate of drug-likeness (QED) is 0.507. The Morgan fingerprint density at radius 3 is 2.40 bits per heavy atom. The van der Waals surface area contributed by atoms with Crippen molar-refractivity contribution in [2.45, 2.75) is 12.6 Å². The van der Waals surface area contributed by atoms with Gasteiger partial charge >= 0.3 is 11.9 Å². The van der Waals surface area contributed by atoms with E-state index in [1.54, 1.807) is 0 Å². The SMILES string of the molecule is O=C(Cc1cccc(C(F)(F)F)c1)Nc1cc([N+](=O)[O-])c(F)cc1F. The molecule has 0 aliphatic heterocycles. The van der Waals surface area contributed by atoms with Crippen molar-refractivity contribution >= 4 is 17.3 Å². The first-order chi connectivity index (χ1) is 11.6. The van der Waals surface area contributed by atoms with Crippen LogP contribution in [-0.4, -0.2) is 10.8 Å². The largest absolute Gasteiger partial charge is 0.416 e. The Labute approximate surface area is 137 Å². The van der Waals surface area contributed by atoms with Gasteiger partial charge in [-0.2, -0.15) is 17.6 Å². The second-order valence-corrected chi connectivity index (χ2v) is 4.96. The van der Waals surface area contributed by atoms with Gasteiger partial charge in [-0.3, -0.25) is 14.9 Å². The van der Waals surface area contributed by atoms with Crippen molar-refractivity contribution in [1.82, 2.24) is 0 Å². The zero-order valence-corrected chi connectivity index (χ0v) is 12.2. The number of halogens is 5. The molecular formula is C15H9F5N2O3. The fourth-order valence-electron chi connectivity index (χ4n) is 2.01. The monoisotopic (exact) mass is 360 g/mol. The molecule has 2 aromatic carbocycles. The van der Waals surface area contributed by atoms with Gasteiger partial charge in [0.05, 0.1) is 22.6 Å². The van der Waals surface area contributed by atoms with E-state index in [2.05, 4.69) is 0 Å². The Morgan fingerprint density at radius 1 is 1.12 bits per heavy atom. The molecule has 132 valence electrons.